The molecule has 0 aliphatic rings. The van der Waals surface area contributed by atoms with Crippen LogP contribution in [0.5, 0.6) is 5.75 Å². The monoisotopic (exact) mass is 229 g/mol. The van der Waals surface area contributed by atoms with Crippen LogP contribution in [0.4, 0.5) is 11.4 Å². The number of hydrogen-bond donors (Lipinski definition) is 2. The van der Waals surface area contributed by atoms with Crippen molar-refractivity contribution in [1.82, 2.24) is 4.98 Å². The fourth-order valence-electron chi connectivity index (χ4n) is 1.50. The molecule has 0 saturated carbocycles. The van der Waals surface area contributed by atoms with Gasteiger partial charge in [0.05, 0.1) is 30.7 Å². The highest BCUT2D eigenvalue weighted by molar-refractivity contribution is 5.68. The molecule has 0 aliphatic heterocycles. The Kier molecular flexibility index (Phi) is 3.45. The zero-order valence-corrected chi connectivity index (χ0v) is 9.68. The second-order valence-corrected chi connectivity index (χ2v) is 3.63. The molecule has 0 bridgehead atoms. The van der Waals surface area contributed by atoms with Crippen LogP contribution < -0.4 is 15.8 Å². The number of ether oxygens (including phenoxy) is 1. The van der Waals surface area contributed by atoms with Gasteiger partial charge in [-0.15, -0.1) is 0 Å². The van der Waals surface area contributed by atoms with Gasteiger partial charge in [0, 0.05) is 12.3 Å². The molecule has 0 saturated heterocycles. The summed E-state index contributed by atoms with van der Waals surface area (Å²) in [6.45, 7) is 0.637. The maximum absolute atomic E-state index is 5.87. The van der Waals surface area contributed by atoms with Crippen LogP contribution in [0.3, 0.4) is 0 Å². The number of nitrogens with two attached hydrogens (primary N) is 1. The van der Waals surface area contributed by atoms with Gasteiger partial charge >= 0.3 is 0 Å². The number of nitrogens with one attached hydrogen (secondary N) is 1. The van der Waals surface area contributed by atoms with E-state index in [-0.39, 0.29) is 0 Å². The molecule has 88 valence electrons. The summed E-state index contributed by atoms with van der Waals surface area (Å²) in [5.41, 5.74) is 8.39. The Morgan fingerprint density at radius 3 is 2.88 bits per heavy atom. The minimum absolute atomic E-state index is 0.637. The summed E-state index contributed by atoms with van der Waals surface area (Å²) in [4.78, 5) is 4.23. The molecule has 0 amide bonds. The largest absolute Gasteiger partial charge is 0.497 e. The smallest absolute Gasteiger partial charge is 0.121 e. The molecule has 1 aromatic heterocycles. The molecule has 2 rings (SSSR count). The number of rotatable bonds is 4. The third-order valence-electron chi connectivity index (χ3n) is 2.45. The van der Waals surface area contributed by atoms with Gasteiger partial charge in [-0.25, -0.2) is 0 Å². The lowest BCUT2D eigenvalue weighted by Crippen LogP contribution is -2.04. The van der Waals surface area contributed by atoms with Crippen LogP contribution in [0.2, 0.25) is 0 Å². The molecule has 1 aromatic carbocycles. The van der Waals surface area contributed by atoms with Crippen LogP contribution in [0.25, 0.3) is 0 Å². The molecule has 0 fully saturated rings. The maximum atomic E-state index is 5.87. The van der Waals surface area contributed by atoms with Gasteiger partial charge in [-0.2, -0.15) is 0 Å². The number of nitrogens with zero attached hydrogens (tertiary/aromatic N) is 1. The SMILES string of the molecule is COc1ccc(N)c(NCc2ccccn2)c1. The van der Waals surface area contributed by atoms with Crippen molar-refractivity contribution in [1.29, 1.82) is 0 Å². The normalized spacial score (nSPS) is 9.94. The summed E-state index contributed by atoms with van der Waals surface area (Å²) in [6.07, 6.45) is 1.77. The van der Waals surface area contributed by atoms with E-state index in [4.69, 9.17) is 10.5 Å². The Hall–Kier alpha value is -2.23. The second-order valence-electron chi connectivity index (χ2n) is 3.63. The van der Waals surface area contributed by atoms with E-state index in [1.165, 1.54) is 0 Å². The molecule has 3 N–H and O–H groups in total. The van der Waals surface area contributed by atoms with E-state index in [9.17, 15) is 0 Å². The quantitative estimate of drug-likeness (QED) is 0.790. The Bertz CT molecular complexity index is 485. The highest BCUT2D eigenvalue weighted by Gasteiger charge is 2.01. The predicted molar refractivity (Wildman–Crippen MR) is 69.0 cm³/mol. The molecule has 0 aliphatic carbocycles. The molecule has 0 unspecified atom stereocenters. The van der Waals surface area contributed by atoms with Gasteiger partial charge in [-0.05, 0) is 24.3 Å². The van der Waals surface area contributed by atoms with Crippen LogP contribution >= 0.6 is 0 Å². The van der Waals surface area contributed by atoms with Gasteiger partial charge in [0.2, 0.25) is 0 Å². The third-order valence-corrected chi connectivity index (χ3v) is 2.45. The van der Waals surface area contributed by atoms with Crippen molar-refractivity contribution in [3.8, 4) is 5.75 Å². The van der Waals surface area contributed by atoms with Gasteiger partial charge < -0.3 is 15.8 Å². The first kappa shape index (κ1) is 11.3. The lowest BCUT2D eigenvalue weighted by Gasteiger charge is -2.10. The molecule has 0 radical (unpaired) electrons. The van der Waals surface area contributed by atoms with Crippen molar-refractivity contribution in [2.24, 2.45) is 0 Å². The number of anilines is 2. The number of aromatic nitrogens is 1. The summed E-state index contributed by atoms with van der Waals surface area (Å²) in [5, 5.41) is 3.24. The van der Waals surface area contributed by atoms with E-state index in [1.807, 2.05) is 36.4 Å². The first-order chi connectivity index (χ1) is 8.29. The first-order valence-corrected chi connectivity index (χ1v) is 5.37. The van der Waals surface area contributed by atoms with Crippen LogP contribution in [0.1, 0.15) is 5.69 Å². The van der Waals surface area contributed by atoms with Crippen molar-refractivity contribution in [2.75, 3.05) is 18.2 Å². The average molecular weight is 229 g/mol. The summed E-state index contributed by atoms with van der Waals surface area (Å²) >= 11 is 0. The summed E-state index contributed by atoms with van der Waals surface area (Å²) in [5.74, 6) is 0.780. The molecule has 0 spiro atoms. The highest BCUT2D eigenvalue weighted by Crippen LogP contribution is 2.24. The van der Waals surface area contributed by atoms with Gasteiger partial charge in [-0.1, -0.05) is 6.07 Å². The number of methoxy groups -OCH3 is 1. The molecule has 0 atom stereocenters. The van der Waals surface area contributed by atoms with E-state index < -0.39 is 0 Å². The lowest BCUT2D eigenvalue weighted by molar-refractivity contribution is 0.415. The number of pyridine rings is 1. The van der Waals surface area contributed by atoms with Crippen LogP contribution in [0, 0.1) is 0 Å². The zero-order chi connectivity index (χ0) is 12.1. The fourth-order valence-corrected chi connectivity index (χ4v) is 1.50. The predicted octanol–water partition coefficient (Wildman–Crippen LogP) is 2.28. The number of hydrogen-bond acceptors (Lipinski definition) is 4. The van der Waals surface area contributed by atoms with Crippen LogP contribution in [-0.4, -0.2) is 12.1 Å². The first-order valence-electron chi connectivity index (χ1n) is 5.37. The molecule has 4 heteroatoms. The number of nitrogen functional groups attached to an aromatic ring is 1. The lowest BCUT2D eigenvalue weighted by atomic mass is 10.2. The van der Waals surface area contributed by atoms with E-state index in [1.54, 1.807) is 13.3 Å². The molecular formula is C13H15N3O. The Labute approximate surface area is 100 Å². The van der Waals surface area contributed by atoms with Crippen molar-refractivity contribution >= 4 is 11.4 Å². The minimum Gasteiger partial charge on any atom is -0.497 e. The van der Waals surface area contributed by atoms with Gasteiger partial charge in [-0.3, -0.25) is 4.98 Å². The minimum atomic E-state index is 0.637. The number of benzene rings is 1. The second kappa shape index (κ2) is 5.21. The van der Waals surface area contributed by atoms with Gasteiger partial charge in [0.1, 0.15) is 5.75 Å². The summed E-state index contributed by atoms with van der Waals surface area (Å²) in [6, 6.07) is 11.3. The molecule has 1 heterocycles. The summed E-state index contributed by atoms with van der Waals surface area (Å²) < 4.78 is 5.15. The average Bonchev–Trinajstić information content (AvgIpc) is 2.39. The fraction of sp³-hybridized carbons (Fsp3) is 0.154. The Morgan fingerprint density at radius 2 is 2.18 bits per heavy atom. The topological polar surface area (TPSA) is 60.2 Å². The maximum Gasteiger partial charge on any atom is 0.121 e. The highest BCUT2D eigenvalue weighted by atomic mass is 16.5. The molecular weight excluding hydrogens is 214 g/mol. The van der Waals surface area contributed by atoms with E-state index in [2.05, 4.69) is 10.3 Å². The van der Waals surface area contributed by atoms with Crippen LogP contribution in [0.15, 0.2) is 42.6 Å². The molecule has 4 nitrogen and oxygen atoms in total. The van der Waals surface area contributed by atoms with E-state index in [0.717, 1.165) is 17.1 Å². The van der Waals surface area contributed by atoms with Crippen molar-refractivity contribution < 1.29 is 4.74 Å². The standard InChI is InChI=1S/C13H15N3O/c1-17-11-5-6-12(14)13(8-11)16-9-10-4-2-3-7-15-10/h2-8,16H,9,14H2,1H3. The molecule has 2 aromatic rings. The van der Waals surface area contributed by atoms with Crippen LogP contribution in [-0.2, 0) is 6.54 Å². The van der Waals surface area contributed by atoms with E-state index >= 15 is 0 Å². The summed E-state index contributed by atoms with van der Waals surface area (Å²) in [7, 11) is 1.63. The van der Waals surface area contributed by atoms with Gasteiger partial charge in [0.15, 0.2) is 0 Å². The Balaban J connectivity index is 2.08. The third kappa shape index (κ3) is 2.87. The van der Waals surface area contributed by atoms with Crippen molar-refractivity contribution in [3.05, 3.63) is 48.3 Å². The zero-order valence-electron chi connectivity index (χ0n) is 9.68. The Morgan fingerprint density at radius 1 is 1.29 bits per heavy atom. The van der Waals surface area contributed by atoms with Gasteiger partial charge in [0.25, 0.3) is 0 Å². The van der Waals surface area contributed by atoms with Crippen molar-refractivity contribution in [3.63, 3.8) is 0 Å². The van der Waals surface area contributed by atoms with Crippen molar-refractivity contribution in [2.45, 2.75) is 6.54 Å². The van der Waals surface area contributed by atoms with E-state index in [0.29, 0.717) is 12.2 Å². The molecule has 17 heavy (non-hydrogen) atoms.